The number of hydrogen-bond acceptors (Lipinski definition) is 3. The molecule has 1 aromatic rings. The van der Waals surface area contributed by atoms with Crippen LogP contribution < -0.4 is 0 Å². The summed E-state index contributed by atoms with van der Waals surface area (Å²) < 4.78 is 20.3. The van der Waals surface area contributed by atoms with Crippen molar-refractivity contribution >= 4 is 17.2 Å². The molecule has 4 aliphatic rings. The van der Waals surface area contributed by atoms with Crippen LogP contribution in [0.1, 0.15) is 120 Å². The summed E-state index contributed by atoms with van der Waals surface area (Å²) in [4.78, 5) is 0. The number of rotatable bonds is 4. The van der Waals surface area contributed by atoms with Gasteiger partial charge in [-0.1, -0.05) is 88.4 Å². The van der Waals surface area contributed by atoms with Gasteiger partial charge in [-0.05, 0) is 72.4 Å². The quantitative estimate of drug-likeness (QED) is 0.363. The zero-order valence-electron chi connectivity index (χ0n) is 25.3. The van der Waals surface area contributed by atoms with Gasteiger partial charge in [0.1, 0.15) is 0 Å². The van der Waals surface area contributed by atoms with E-state index in [1.807, 2.05) is 0 Å². The Kier molecular flexibility index (Phi) is 6.63. The predicted molar refractivity (Wildman–Crippen MR) is 158 cm³/mol. The van der Waals surface area contributed by atoms with Crippen LogP contribution in [-0.4, -0.2) is 39.3 Å². The molecule has 0 spiro atoms. The molecule has 5 heteroatoms. The van der Waals surface area contributed by atoms with Crippen molar-refractivity contribution in [1.82, 2.24) is 0 Å². The fourth-order valence-electron chi connectivity index (χ4n) is 8.30. The molecule has 5 rings (SSSR count). The van der Waals surface area contributed by atoms with Crippen LogP contribution in [0.3, 0.4) is 0 Å². The highest BCUT2D eigenvalue weighted by atomic mass is 31.1. The van der Waals surface area contributed by atoms with Crippen molar-refractivity contribution in [3.05, 3.63) is 34.9 Å². The van der Waals surface area contributed by atoms with Crippen LogP contribution in [0.4, 0.5) is 0 Å². The first-order valence-corrected chi connectivity index (χ1v) is 16.1. The van der Waals surface area contributed by atoms with E-state index < -0.39 is 22.8 Å². The van der Waals surface area contributed by atoms with Gasteiger partial charge >= 0.3 is 0 Å². The summed E-state index contributed by atoms with van der Waals surface area (Å²) in [6.45, 7) is 30.4. The Morgan fingerprint density at radius 1 is 0.778 bits per heavy atom. The van der Waals surface area contributed by atoms with Crippen molar-refractivity contribution in [3.63, 3.8) is 0 Å². The van der Waals surface area contributed by atoms with E-state index >= 15 is 0 Å². The summed E-state index contributed by atoms with van der Waals surface area (Å²) in [5.41, 5.74) is 3.31. The van der Waals surface area contributed by atoms with Crippen molar-refractivity contribution in [1.29, 1.82) is 0 Å². The fraction of sp³-hybridized carbons (Fsp3) is 0.806. The molecule has 0 radical (unpaired) electrons. The zero-order valence-corrected chi connectivity index (χ0v) is 27.4. The van der Waals surface area contributed by atoms with Gasteiger partial charge in [0.25, 0.3) is 0 Å². The topological polar surface area (TPSA) is 27.7 Å². The fourth-order valence-corrected chi connectivity index (χ4v) is 12.9. The molecule has 3 nitrogen and oxygen atoms in total. The molecule has 4 aliphatic heterocycles. The molecule has 1 aromatic carbocycles. The minimum absolute atomic E-state index is 0.0906. The first-order valence-electron chi connectivity index (χ1n) is 13.8. The molecule has 0 amide bonds. The highest BCUT2D eigenvalue weighted by Crippen LogP contribution is 2.69. The van der Waals surface area contributed by atoms with Crippen LogP contribution in [0.25, 0.3) is 0 Å². The van der Waals surface area contributed by atoms with E-state index in [9.17, 15) is 0 Å². The second-order valence-electron chi connectivity index (χ2n) is 15.5. The Morgan fingerprint density at radius 2 is 1.25 bits per heavy atom. The monoisotopic (exact) mass is 534 g/mol. The van der Waals surface area contributed by atoms with Crippen LogP contribution in [0.15, 0.2) is 18.2 Å². The van der Waals surface area contributed by atoms with E-state index in [2.05, 4.69) is 117 Å². The van der Waals surface area contributed by atoms with Gasteiger partial charge in [0.05, 0.1) is 16.6 Å². The zero-order chi connectivity index (χ0) is 27.4. The largest absolute Gasteiger partial charge is 0.343 e. The molecular weight excluding hydrogens is 482 g/mol. The SMILES string of the molecule is CC12CC3(C)OC(C)(CC(C)(O1)C3(CP)c1ccc(C(C)(C)C)cc1CP(C(C)(C)C)C(C)(C)C)O2. The van der Waals surface area contributed by atoms with Crippen LogP contribution in [0, 0.1) is 0 Å². The summed E-state index contributed by atoms with van der Waals surface area (Å²) in [5, 5.41) is 0.493. The lowest BCUT2D eigenvalue weighted by Crippen LogP contribution is -2.84. The number of hydrogen-bond donors (Lipinski definition) is 0. The lowest BCUT2D eigenvalue weighted by Gasteiger charge is -2.74. The summed E-state index contributed by atoms with van der Waals surface area (Å²) in [6.07, 6.45) is 3.45. The Hall–Kier alpha value is -0.0400. The van der Waals surface area contributed by atoms with Gasteiger partial charge in [0.15, 0.2) is 11.6 Å². The van der Waals surface area contributed by atoms with Gasteiger partial charge in [0.2, 0.25) is 0 Å². The molecule has 0 N–H and O–H groups in total. The molecule has 4 saturated heterocycles. The second kappa shape index (κ2) is 8.24. The molecule has 0 aliphatic carbocycles. The average molecular weight is 535 g/mol. The molecule has 204 valence electrons. The Labute approximate surface area is 225 Å². The molecule has 4 fully saturated rings. The van der Waals surface area contributed by atoms with Crippen molar-refractivity contribution in [2.24, 2.45) is 0 Å². The van der Waals surface area contributed by atoms with E-state index in [-0.39, 0.29) is 29.1 Å². The van der Waals surface area contributed by atoms with E-state index in [1.165, 1.54) is 16.7 Å². The minimum atomic E-state index is -0.618. The van der Waals surface area contributed by atoms with Crippen molar-refractivity contribution < 1.29 is 14.2 Å². The molecule has 0 saturated carbocycles. The summed E-state index contributed by atoms with van der Waals surface area (Å²) in [7, 11) is 2.78. The van der Waals surface area contributed by atoms with E-state index in [1.54, 1.807) is 0 Å². The summed E-state index contributed by atoms with van der Waals surface area (Å²) in [6, 6.07) is 7.34. The molecular formula is C31H52O3P2. The third-order valence-electron chi connectivity index (χ3n) is 9.12. The lowest BCUT2D eigenvalue weighted by molar-refractivity contribution is -0.531. The van der Waals surface area contributed by atoms with Gasteiger partial charge in [-0.3, -0.25) is 0 Å². The van der Waals surface area contributed by atoms with Gasteiger partial charge in [0, 0.05) is 12.8 Å². The Bertz CT molecular complexity index is 968. The molecule has 4 heterocycles. The molecule has 4 bridgehead atoms. The van der Waals surface area contributed by atoms with E-state index in [0.29, 0.717) is 0 Å². The highest BCUT2D eigenvalue weighted by molar-refractivity contribution is 7.60. The van der Waals surface area contributed by atoms with E-state index in [4.69, 9.17) is 14.2 Å². The summed E-state index contributed by atoms with van der Waals surface area (Å²) >= 11 is 0. The molecule has 5 atom stereocenters. The first-order chi connectivity index (χ1) is 16.0. The normalized spacial score (nSPS) is 38.8. The Balaban J connectivity index is 1.98. The van der Waals surface area contributed by atoms with Crippen molar-refractivity contribution in [2.45, 2.75) is 153 Å². The van der Waals surface area contributed by atoms with Gasteiger partial charge in [-0.2, -0.15) is 0 Å². The minimum Gasteiger partial charge on any atom is -0.343 e. The van der Waals surface area contributed by atoms with Crippen molar-refractivity contribution in [3.8, 4) is 0 Å². The van der Waals surface area contributed by atoms with Crippen LogP contribution in [-0.2, 0) is 31.2 Å². The maximum atomic E-state index is 6.97. The number of ether oxygens (including phenoxy) is 3. The lowest BCUT2D eigenvalue weighted by atomic mass is 9.51. The third kappa shape index (κ3) is 4.36. The van der Waals surface area contributed by atoms with E-state index in [0.717, 1.165) is 25.2 Å². The van der Waals surface area contributed by atoms with Crippen LogP contribution in [0.5, 0.6) is 0 Å². The van der Waals surface area contributed by atoms with Gasteiger partial charge in [-0.15, -0.1) is 9.24 Å². The summed E-state index contributed by atoms with van der Waals surface area (Å²) in [5.74, 6) is -1.24. The van der Waals surface area contributed by atoms with Gasteiger partial charge < -0.3 is 14.2 Å². The standard InChI is InChI=1S/C31H52O3P2/c1-24(2,3)22-14-15-23(21(16-22)17-36(25(4,5)6)26(7,8)9)31(20-35)27(10)18-29(12)33-28(31,11)19-30(13,32-27)34-29/h14-16H,17-20,35H2,1-13H3. The van der Waals surface area contributed by atoms with Gasteiger partial charge in [-0.25, -0.2) is 0 Å². The first kappa shape index (κ1) is 29.0. The predicted octanol–water partition coefficient (Wildman–Crippen LogP) is 8.50. The van der Waals surface area contributed by atoms with Crippen LogP contribution in [0.2, 0.25) is 0 Å². The molecule has 36 heavy (non-hydrogen) atoms. The molecule has 5 unspecified atom stereocenters. The van der Waals surface area contributed by atoms with Crippen LogP contribution >= 0.6 is 17.2 Å². The average Bonchev–Trinajstić information content (AvgIpc) is 2.60. The second-order valence-corrected chi connectivity index (χ2v) is 19.8. The maximum Gasteiger partial charge on any atom is 0.172 e. The maximum absolute atomic E-state index is 6.97. The number of benzene rings is 1. The highest BCUT2D eigenvalue weighted by Gasteiger charge is 2.77. The molecule has 0 aromatic heterocycles. The third-order valence-corrected chi connectivity index (χ3v) is 13.6. The Morgan fingerprint density at radius 3 is 1.64 bits per heavy atom. The smallest absolute Gasteiger partial charge is 0.172 e. The van der Waals surface area contributed by atoms with Crippen molar-refractivity contribution in [2.75, 3.05) is 6.16 Å².